The first kappa shape index (κ1) is 13.4. The fourth-order valence-electron chi connectivity index (χ4n) is 2.33. The van der Waals surface area contributed by atoms with Gasteiger partial charge in [-0.3, -0.25) is 4.79 Å². The minimum Gasteiger partial charge on any atom is -0.481 e. The summed E-state index contributed by atoms with van der Waals surface area (Å²) in [5.41, 5.74) is 1.05. The maximum absolute atomic E-state index is 10.7. The second-order valence-electron chi connectivity index (χ2n) is 4.90. The Morgan fingerprint density at radius 1 is 1.56 bits per heavy atom. The van der Waals surface area contributed by atoms with Crippen LogP contribution in [0, 0.1) is 6.92 Å². The van der Waals surface area contributed by atoms with Crippen molar-refractivity contribution in [2.24, 2.45) is 0 Å². The van der Waals surface area contributed by atoms with Crippen LogP contribution in [-0.2, 0) is 4.79 Å². The zero-order chi connectivity index (χ0) is 13.3. The summed E-state index contributed by atoms with van der Waals surface area (Å²) < 4.78 is 1.05. The molecule has 0 amide bonds. The molecule has 1 aliphatic heterocycles. The molecule has 0 radical (unpaired) electrons. The number of anilines is 1. The Kier molecular flexibility index (Phi) is 3.64. The topological polar surface area (TPSA) is 60.8 Å². The quantitative estimate of drug-likeness (QED) is 0.898. The SMILES string of the molecule is Cc1cc(N2CCC(O)(CC(=O)O)C2)ccc1Br. The van der Waals surface area contributed by atoms with Crippen LogP contribution in [0.25, 0.3) is 0 Å². The van der Waals surface area contributed by atoms with Crippen molar-refractivity contribution in [3.63, 3.8) is 0 Å². The van der Waals surface area contributed by atoms with Gasteiger partial charge in [-0.05, 0) is 37.1 Å². The predicted molar refractivity (Wildman–Crippen MR) is 72.9 cm³/mol. The molecule has 0 spiro atoms. The predicted octanol–water partition coefficient (Wildman–Crippen LogP) is 2.17. The summed E-state index contributed by atoms with van der Waals surface area (Å²) >= 11 is 3.45. The molecule has 5 heteroatoms. The van der Waals surface area contributed by atoms with Crippen molar-refractivity contribution in [1.29, 1.82) is 0 Å². The highest BCUT2D eigenvalue weighted by Crippen LogP contribution is 2.31. The Balaban J connectivity index is 2.12. The van der Waals surface area contributed by atoms with Gasteiger partial charge >= 0.3 is 5.97 Å². The van der Waals surface area contributed by atoms with E-state index in [9.17, 15) is 9.90 Å². The van der Waals surface area contributed by atoms with E-state index in [1.807, 2.05) is 30.0 Å². The van der Waals surface area contributed by atoms with Crippen molar-refractivity contribution in [2.45, 2.75) is 25.4 Å². The molecule has 1 aliphatic rings. The Hall–Kier alpha value is -1.07. The lowest BCUT2D eigenvalue weighted by Crippen LogP contribution is -2.35. The third kappa shape index (κ3) is 2.84. The van der Waals surface area contributed by atoms with Crippen LogP contribution in [0.4, 0.5) is 5.69 Å². The molecule has 2 rings (SSSR count). The molecule has 2 N–H and O–H groups in total. The van der Waals surface area contributed by atoms with Crippen molar-refractivity contribution < 1.29 is 15.0 Å². The van der Waals surface area contributed by atoms with Crippen LogP contribution in [-0.4, -0.2) is 34.9 Å². The largest absolute Gasteiger partial charge is 0.481 e. The number of hydrogen-bond donors (Lipinski definition) is 2. The van der Waals surface area contributed by atoms with E-state index in [1.165, 1.54) is 0 Å². The number of aryl methyl sites for hydroxylation is 1. The molecular formula is C13H16BrNO3. The van der Waals surface area contributed by atoms with Gasteiger partial charge in [0.2, 0.25) is 0 Å². The zero-order valence-corrected chi connectivity index (χ0v) is 11.8. The maximum atomic E-state index is 10.7. The molecule has 1 atom stereocenters. The summed E-state index contributed by atoms with van der Waals surface area (Å²) in [4.78, 5) is 12.7. The second-order valence-corrected chi connectivity index (χ2v) is 5.75. The van der Waals surface area contributed by atoms with Crippen LogP contribution >= 0.6 is 15.9 Å². The van der Waals surface area contributed by atoms with Crippen molar-refractivity contribution in [3.8, 4) is 0 Å². The molecule has 18 heavy (non-hydrogen) atoms. The van der Waals surface area contributed by atoms with E-state index >= 15 is 0 Å². The van der Waals surface area contributed by atoms with Gasteiger partial charge in [0, 0.05) is 23.2 Å². The van der Waals surface area contributed by atoms with E-state index in [0.29, 0.717) is 19.5 Å². The van der Waals surface area contributed by atoms with Gasteiger partial charge in [-0.25, -0.2) is 0 Å². The lowest BCUT2D eigenvalue weighted by atomic mass is 9.99. The third-order valence-electron chi connectivity index (χ3n) is 3.32. The van der Waals surface area contributed by atoms with Crippen LogP contribution in [0.5, 0.6) is 0 Å². The molecule has 4 nitrogen and oxygen atoms in total. The minimum absolute atomic E-state index is 0.195. The van der Waals surface area contributed by atoms with Gasteiger partial charge in [-0.1, -0.05) is 15.9 Å². The standard InChI is InChI=1S/C13H16BrNO3/c1-9-6-10(2-3-11(9)14)15-5-4-13(18,8-15)7-12(16)17/h2-3,6,18H,4-5,7-8H2,1H3,(H,16,17). The van der Waals surface area contributed by atoms with E-state index in [2.05, 4.69) is 15.9 Å². The van der Waals surface area contributed by atoms with E-state index in [-0.39, 0.29) is 6.42 Å². The molecular weight excluding hydrogens is 298 g/mol. The number of carboxylic acids is 1. The molecule has 0 aromatic heterocycles. The first-order chi connectivity index (χ1) is 8.39. The maximum Gasteiger partial charge on any atom is 0.306 e. The normalized spacial score (nSPS) is 23.4. The van der Waals surface area contributed by atoms with Crippen molar-refractivity contribution in [2.75, 3.05) is 18.0 Å². The van der Waals surface area contributed by atoms with E-state index < -0.39 is 11.6 Å². The number of nitrogens with zero attached hydrogens (tertiary/aromatic N) is 1. The molecule has 1 unspecified atom stereocenters. The minimum atomic E-state index is -1.10. The number of halogens is 1. The number of aliphatic carboxylic acids is 1. The fraction of sp³-hybridized carbons (Fsp3) is 0.462. The molecule has 0 aliphatic carbocycles. The Morgan fingerprint density at radius 2 is 2.28 bits per heavy atom. The van der Waals surface area contributed by atoms with Gasteiger partial charge in [0.1, 0.15) is 0 Å². The van der Waals surface area contributed by atoms with Crippen LogP contribution in [0.1, 0.15) is 18.4 Å². The van der Waals surface area contributed by atoms with Gasteiger partial charge in [-0.15, -0.1) is 0 Å². The average molecular weight is 314 g/mol. The highest BCUT2D eigenvalue weighted by atomic mass is 79.9. The Labute approximate surface area is 114 Å². The third-order valence-corrected chi connectivity index (χ3v) is 4.21. The summed E-state index contributed by atoms with van der Waals surface area (Å²) in [5, 5.41) is 19.0. The van der Waals surface area contributed by atoms with E-state index in [0.717, 1.165) is 15.7 Å². The smallest absolute Gasteiger partial charge is 0.306 e. The zero-order valence-electron chi connectivity index (χ0n) is 10.2. The van der Waals surface area contributed by atoms with E-state index in [1.54, 1.807) is 0 Å². The first-order valence-corrected chi connectivity index (χ1v) is 6.64. The number of benzene rings is 1. The number of rotatable bonds is 3. The van der Waals surface area contributed by atoms with Gasteiger partial charge < -0.3 is 15.1 Å². The summed E-state index contributed by atoms with van der Waals surface area (Å²) in [6, 6.07) is 5.99. The summed E-state index contributed by atoms with van der Waals surface area (Å²) in [5.74, 6) is -0.952. The Morgan fingerprint density at radius 3 is 2.89 bits per heavy atom. The van der Waals surface area contributed by atoms with Crippen LogP contribution in [0.3, 0.4) is 0 Å². The lowest BCUT2D eigenvalue weighted by molar-refractivity contribution is -0.141. The molecule has 0 bridgehead atoms. The van der Waals surface area contributed by atoms with Crippen molar-refractivity contribution in [1.82, 2.24) is 0 Å². The monoisotopic (exact) mass is 313 g/mol. The molecule has 1 heterocycles. The highest BCUT2D eigenvalue weighted by Gasteiger charge is 2.38. The number of β-amino-alcohol motifs (C(OH)–C–C–N with tert-alkyl or cyclic N) is 1. The summed E-state index contributed by atoms with van der Waals surface area (Å²) in [7, 11) is 0. The Bertz CT molecular complexity index is 477. The molecule has 0 saturated carbocycles. The van der Waals surface area contributed by atoms with Crippen molar-refractivity contribution >= 4 is 27.6 Å². The second kappa shape index (κ2) is 4.90. The average Bonchev–Trinajstić information content (AvgIpc) is 2.63. The van der Waals surface area contributed by atoms with Gasteiger partial charge in [0.15, 0.2) is 0 Å². The van der Waals surface area contributed by atoms with Gasteiger partial charge in [-0.2, -0.15) is 0 Å². The molecule has 1 aromatic rings. The van der Waals surface area contributed by atoms with Gasteiger partial charge in [0.05, 0.1) is 12.0 Å². The van der Waals surface area contributed by atoms with Gasteiger partial charge in [0.25, 0.3) is 0 Å². The number of aliphatic hydroxyl groups is 1. The summed E-state index contributed by atoms with van der Waals surface area (Å²) in [6.45, 7) is 3.07. The lowest BCUT2D eigenvalue weighted by Gasteiger charge is -2.23. The van der Waals surface area contributed by atoms with Crippen molar-refractivity contribution in [3.05, 3.63) is 28.2 Å². The van der Waals surface area contributed by atoms with Crippen LogP contribution < -0.4 is 4.90 Å². The molecule has 98 valence electrons. The van der Waals surface area contributed by atoms with E-state index in [4.69, 9.17) is 5.11 Å². The summed E-state index contributed by atoms with van der Waals surface area (Å²) in [6.07, 6.45) is 0.299. The fourth-order valence-corrected chi connectivity index (χ4v) is 2.57. The molecule has 1 saturated heterocycles. The first-order valence-electron chi connectivity index (χ1n) is 5.85. The van der Waals surface area contributed by atoms with Crippen LogP contribution in [0.2, 0.25) is 0 Å². The van der Waals surface area contributed by atoms with Crippen LogP contribution in [0.15, 0.2) is 22.7 Å². The number of hydrogen-bond acceptors (Lipinski definition) is 3. The number of carbonyl (C=O) groups is 1. The molecule has 1 fully saturated rings. The number of carboxylic acid groups (broad SMARTS) is 1. The highest BCUT2D eigenvalue weighted by molar-refractivity contribution is 9.10. The molecule has 1 aromatic carbocycles.